The second-order valence-electron chi connectivity index (χ2n) is 7.41. The third kappa shape index (κ3) is 4.77. The minimum atomic E-state index is -1.18. The molecule has 33 heavy (non-hydrogen) atoms. The Balaban J connectivity index is 1.43. The Morgan fingerprint density at radius 2 is 2.06 bits per heavy atom. The molecule has 4 rings (SSSR count). The summed E-state index contributed by atoms with van der Waals surface area (Å²) in [6, 6.07) is 4.79. The number of benzene rings is 1. The lowest BCUT2D eigenvalue weighted by atomic mass is 10.0. The van der Waals surface area contributed by atoms with Gasteiger partial charge < -0.3 is 21.3 Å². The van der Waals surface area contributed by atoms with Gasteiger partial charge in [0.1, 0.15) is 28.2 Å². The predicted molar refractivity (Wildman–Crippen MR) is 124 cm³/mol. The molecule has 1 saturated heterocycles. The third-order valence-electron chi connectivity index (χ3n) is 5.23. The summed E-state index contributed by atoms with van der Waals surface area (Å²) in [6.07, 6.45) is 0. The van der Waals surface area contributed by atoms with E-state index in [-0.39, 0.29) is 12.3 Å². The average Bonchev–Trinajstić information content (AvgIpc) is 3.24. The number of aliphatic carboxylic acids is 1. The normalized spacial score (nSPS) is 20.8. The number of nitrogens with zero attached hydrogens (tertiary/aromatic N) is 3. The van der Waals surface area contributed by atoms with Crippen LogP contribution in [0.15, 0.2) is 39.9 Å². The van der Waals surface area contributed by atoms with E-state index < -0.39 is 35.2 Å². The molecule has 2 aromatic rings. The molecule has 5 N–H and O–H groups in total. The van der Waals surface area contributed by atoms with E-state index in [9.17, 15) is 19.5 Å². The first-order chi connectivity index (χ1) is 15.8. The maximum atomic E-state index is 12.8. The van der Waals surface area contributed by atoms with E-state index in [0.29, 0.717) is 28.2 Å². The van der Waals surface area contributed by atoms with Crippen LogP contribution in [0.5, 0.6) is 0 Å². The van der Waals surface area contributed by atoms with Gasteiger partial charge in [-0.15, -0.1) is 22.0 Å². The number of thioether (sulfide) groups is 2. The zero-order valence-corrected chi connectivity index (χ0v) is 19.9. The van der Waals surface area contributed by atoms with Crippen molar-refractivity contribution in [2.24, 2.45) is 5.73 Å². The van der Waals surface area contributed by atoms with Gasteiger partial charge in [0.05, 0.1) is 6.61 Å². The second kappa shape index (κ2) is 9.81. The number of hydrogen-bond acceptors (Lipinski definition) is 10. The molecule has 1 fully saturated rings. The van der Waals surface area contributed by atoms with Gasteiger partial charge in [-0.05, 0) is 23.6 Å². The molecule has 0 bridgehead atoms. The van der Waals surface area contributed by atoms with Crippen LogP contribution in [0.4, 0.5) is 0 Å². The maximum Gasteiger partial charge on any atom is 0.352 e. The lowest BCUT2D eigenvalue weighted by Crippen LogP contribution is -2.71. The fourth-order valence-corrected chi connectivity index (χ4v) is 6.81. The van der Waals surface area contributed by atoms with E-state index >= 15 is 0 Å². The number of aromatic nitrogens is 2. The molecule has 2 aliphatic rings. The summed E-state index contributed by atoms with van der Waals surface area (Å²) in [6.45, 7) is 1.72. The number of carbonyl (C=O) groups excluding carboxylic acids is 2. The van der Waals surface area contributed by atoms with Gasteiger partial charge in [0.2, 0.25) is 5.91 Å². The molecule has 0 radical (unpaired) electrons. The van der Waals surface area contributed by atoms with Crippen LogP contribution >= 0.6 is 34.9 Å². The zero-order chi connectivity index (χ0) is 23.7. The summed E-state index contributed by atoms with van der Waals surface area (Å²) in [5.74, 6) is -1.38. The van der Waals surface area contributed by atoms with E-state index in [1.165, 1.54) is 39.8 Å². The smallest absolute Gasteiger partial charge is 0.352 e. The first kappa shape index (κ1) is 23.7. The van der Waals surface area contributed by atoms with E-state index in [1.54, 1.807) is 24.3 Å². The van der Waals surface area contributed by atoms with Crippen LogP contribution in [0.1, 0.15) is 22.2 Å². The van der Waals surface area contributed by atoms with Crippen molar-refractivity contribution in [1.29, 1.82) is 0 Å². The summed E-state index contributed by atoms with van der Waals surface area (Å²) in [5, 5.41) is 29.9. The zero-order valence-electron chi connectivity index (χ0n) is 17.4. The molecule has 2 aliphatic heterocycles. The molecular formula is C20H21N5O5S3. The van der Waals surface area contributed by atoms with Crippen molar-refractivity contribution >= 4 is 52.6 Å². The van der Waals surface area contributed by atoms with Gasteiger partial charge in [0.15, 0.2) is 4.34 Å². The third-order valence-corrected chi connectivity index (χ3v) is 8.63. The molecule has 13 heteroatoms. The van der Waals surface area contributed by atoms with Crippen LogP contribution in [-0.4, -0.2) is 66.0 Å². The first-order valence-electron chi connectivity index (χ1n) is 9.88. The largest absolute Gasteiger partial charge is 0.477 e. The number of aryl methyl sites for hydroxylation is 1. The van der Waals surface area contributed by atoms with Gasteiger partial charge in [-0.1, -0.05) is 47.4 Å². The molecule has 3 heterocycles. The van der Waals surface area contributed by atoms with E-state index in [1.807, 2.05) is 6.92 Å². The molecule has 10 nitrogen and oxygen atoms in total. The highest BCUT2D eigenvalue weighted by atomic mass is 32.2. The molecule has 3 atom stereocenters. The molecule has 1 aromatic carbocycles. The SMILES string of the molecule is Cc1nnc(SCC2=C(C(=O)O)N3C(=O)[C@@H](NC(=O)C(N)c4ccc(CO)cc4)[C@@H]3SC2)s1. The number of nitrogens with one attached hydrogen (secondary N) is 1. The number of rotatable bonds is 8. The second-order valence-corrected chi connectivity index (χ2v) is 10.9. The van der Waals surface area contributed by atoms with Crippen molar-refractivity contribution in [3.05, 3.63) is 51.7 Å². The van der Waals surface area contributed by atoms with Crippen LogP contribution in [0, 0.1) is 6.92 Å². The highest BCUT2D eigenvalue weighted by molar-refractivity contribution is 8.01. The predicted octanol–water partition coefficient (Wildman–Crippen LogP) is 0.870. The van der Waals surface area contributed by atoms with Crippen LogP contribution in [0.3, 0.4) is 0 Å². The highest BCUT2D eigenvalue weighted by Crippen LogP contribution is 2.41. The Morgan fingerprint density at radius 3 is 2.67 bits per heavy atom. The van der Waals surface area contributed by atoms with E-state index in [2.05, 4.69) is 15.5 Å². The fourth-order valence-electron chi connectivity index (χ4n) is 3.50. The van der Waals surface area contributed by atoms with Crippen molar-refractivity contribution in [2.75, 3.05) is 11.5 Å². The number of β-lactam (4-membered cyclic amide) rings is 1. The van der Waals surface area contributed by atoms with Gasteiger partial charge >= 0.3 is 5.97 Å². The van der Waals surface area contributed by atoms with Gasteiger partial charge in [-0.3, -0.25) is 14.5 Å². The lowest BCUT2D eigenvalue weighted by molar-refractivity contribution is -0.150. The molecule has 1 aromatic heterocycles. The maximum absolute atomic E-state index is 12.8. The monoisotopic (exact) mass is 507 g/mol. The van der Waals surface area contributed by atoms with Gasteiger partial charge in [-0.2, -0.15) is 0 Å². The highest BCUT2D eigenvalue weighted by Gasteiger charge is 2.54. The topological polar surface area (TPSA) is 159 Å². The van der Waals surface area contributed by atoms with Crippen molar-refractivity contribution in [3.8, 4) is 0 Å². The standard InChI is InChI=1S/C20H21N5O5S3/c1-9-23-24-20(33-9)32-8-12-7-31-18-14(17(28)25(18)15(12)19(29)30)22-16(27)13(21)11-4-2-10(6-26)3-5-11/h2-5,13-14,18,26H,6-8,21H2,1H3,(H,22,27)(H,29,30)/t13?,14-,18+/m1/s1. The van der Waals surface area contributed by atoms with Gasteiger partial charge in [-0.25, -0.2) is 4.79 Å². The summed E-state index contributed by atoms with van der Waals surface area (Å²) in [5.41, 5.74) is 7.87. The number of amides is 2. The molecule has 0 saturated carbocycles. The molecule has 0 aliphatic carbocycles. The van der Waals surface area contributed by atoms with E-state index in [0.717, 1.165) is 9.35 Å². The Kier molecular flexibility index (Phi) is 7.05. The molecule has 0 spiro atoms. The minimum absolute atomic E-state index is 0.0353. The van der Waals surface area contributed by atoms with Crippen molar-refractivity contribution in [1.82, 2.24) is 20.4 Å². The fraction of sp³-hybridized carbons (Fsp3) is 0.350. The van der Waals surface area contributed by atoms with E-state index in [4.69, 9.17) is 10.8 Å². The number of carbonyl (C=O) groups is 3. The number of aliphatic hydroxyl groups is 1. The van der Waals surface area contributed by atoms with Crippen LogP contribution in [0.25, 0.3) is 0 Å². The Hall–Kier alpha value is -2.45. The number of fused-ring (bicyclic) bond motifs is 1. The minimum Gasteiger partial charge on any atom is -0.477 e. The lowest BCUT2D eigenvalue weighted by Gasteiger charge is -2.49. The average molecular weight is 508 g/mol. The molecule has 174 valence electrons. The van der Waals surface area contributed by atoms with Gasteiger partial charge in [0.25, 0.3) is 5.91 Å². The van der Waals surface area contributed by atoms with Crippen LogP contribution < -0.4 is 11.1 Å². The Labute approximate surface area is 201 Å². The summed E-state index contributed by atoms with van der Waals surface area (Å²) < 4.78 is 0.734. The summed E-state index contributed by atoms with van der Waals surface area (Å²) >= 11 is 4.21. The number of nitrogens with two attached hydrogens (primary N) is 1. The van der Waals surface area contributed by atoms with Crippen LogP contribution in [-0.2, 0) is 21.0 Å². The van der Waals surface area contributed by atoms with Crippen molar-refractivity contribution in [3.63, 3.8) is 0 Å². The molecule has 2 amide bonds. The molecule has 1 unspecified atom stereocenters. The van der Waals surface area contributed by atoms with Crippen LogP contribution in [0.2, 0.25) is 0 Å². The molecular weight excluding hydrogens is 486 g/mol. The number of hydrogen-bond donors (Lipinski definition) is 4. The number of carboxylic acid groups (broad SMARTS) is 1. The quantitative estimate of drug-likeness (QED) is 0.298. The first-order valence-corrected chi connectivity index (χ1v) is 12.7. The Bertz CT molecular complexity index is 1120. The summed E-state index contributed by atoms with van der Waals surface area (Å²) in [7, 11) is 0. The van der Waals surface area contributed by atoms with Crippen molar-refractivity contribution in [2.45, 2.75) is 35.3 Å². The Morgan fingerprint density at radius 1 is 1.33 bits per heavy atom. The van der Waals surface area contributed by atoms with Gasteiger partial charge in [0, 0.05) is 11.5 Å². The number of carboxylic acids is 1. The van der Waals surface area contributed by atoms with Crippen molar-refractivity contribution < 1.29 is 24.6 Å². The summed E-state index contributed by atoms with van der Waals surface area (Å²) in [4.78, 5) is 38.7. The number of aliphatic hydroxyl groups excluding tert-OH is 1.